The van der Waals surface area contributed by atoms with Crippen LogP contribution < -0.4 is 5.32 Å². The first-order chi connectivity index (χ1) is 11.5. The number of ether oxygens (including phenoxy) is 1. The van der Waals surface area contributed by atoms with Gasteiger partial charge in [-0.3, -0.25) is 9.59 Å². The second-order valence-electron chi connectivity index (χ2n) is 6.77. The number of nitrogens with zero attached hydrogens (tertiary/aromatic N) is 1. The van der Waals surface area contributed by atoms with E-state index in [-0.39, 0.29) is 17.7 Å². The van der Waals surface area contributed by atoms with E-state index in [0.717, 1.165) is 17.7 Å². The molecule has 1 aliphatic rings. The van der Waals surface area contributed by atoms with Crippen molar-refractivity contribution in [2.75, 3.05) is 19.7 Å². The van der Waals surface area contributed by atoms with Gasteiger partial charge >= 0.3 is 0 Å². The minimum absolute atomic E-state index is 0.0343. The van der Waals surface area contributed by atoms with Crippen LogP contribution in [0.1, 0.15) is 38.3 Å². The molecule has 1 aromatic rings. The van der Waals surface area contributed by atoms with Gasteiger partial charge in [-0.15, -0.1) is 0 Å². The number of nitrogens with one attached hydrogen (secondary N) is 1. The molecule has 1 saturated heterocycles. The van der Waals surface area contributed by atoms with Gasteiger partial charge in [0.05, 0.1) is 12.5 Å². The van der Waals surface area contributed by atoms with Crippen LogP contribution in [0.4, 0.5) is 0 Å². The highest BCUT2D eigenvalue weighted by molar-refractivity contribution is 5.89. The zero-order chi connectivity index (χ0) is 17.5. The molecule has 5 heteroatoms. The largest absolute Gasteiger partial charge is 0.377 e. The number of likely N-dealkylation sites (tertiary alicyclic amines) is 1. The maximum Gasteiger partial charge on any atom is 0.225 e. The fourth-order valence-electron chi connectivity index (χ4n) is 2.87. The second kappa shape index (κ2) is 8.83. The number of hydrogen-bond acceptors (Lipinski definition) is 3. The SMILES string of the molecule is CCOCc1ccc(CNC(=O)C2CC(=O)N(CC(C)C)C2)cc1. The highest BCUT2D eigenvalue weighted by Crippen LogP contribution is 2.19. The van der Waals surface area contributed by atoms with Crippen molar-refractivity contribution in [1.82, 2.24) is 10.2 Å². The van der Waals surface area contributed by atoms with Gasteiger partial charge < -0.3 is 15.0 Å². The summed E-state index contributed by atoms with van der Waals surface area (Å²) in [6.07, 6.45) is 0.325. The van der Waals surface area contributed by atoms with Gasteiger partial charge in [0.1, 0.15) is 0 Å². The Morgan fingerprint density at radius 2 is 1.96 bits per heavy atom. The van der Waals surface area contributed by atoms with Crippen LogP contribution in [-0.4, -0.2) is 36.4 Å². The molecule has 0 spiro atoms. The van der Waals surface area contributed by atoms with E-state index in [4.69, 9.17) is 4.74 Å². The van der Waals surface area contributed by atoms with Gasteiger partial charge in [0.15, 0.2) is 0 Å². The summed E-state index contributed by atoms with van der Waals surface area (Å²) in [6.45, 7) is 9.19. The van der Waals surface area contributed by atoms with Crippen molar-refractivity contribution in [2.24, 2.45) is 11.8 Å². The van der Waals surface area contributed by atoms with E-state index in [1.807, 2.05) is 31.2 Å². The van der Waals surface area contributed by atoms with Crippen LogP contribution in [0.2, 0.25) is 0 Å². The Morgan fingerprint density at radius 3 is 2.58 bits per heavy atom. The molecule has 0 saturated carbocycles. The first kappa shape index (κ1) is 18.5. The second-order valence-corrected chi connectivity index (χ2v) is 6.77. The van der Waals surface area contributed by atoms with Gasteiger partial charge in [-0.1, -0.05) is 38.1 Å². The molecule has 1 aromatic carbocycles. The minimum Gasteiger partial charge on any atom is -0.377 e. The van der Waals surface area contributed by atoms with Gasteiger partial charge in [0.25, 0.3) is 0 Å². The molecule has 5 nitrogen and oxygen atoms in total. The van der Waals surface area contributed by atoms with Crippen LogP contribution in [0.25, 0.3) is 0 Å². The molecule has 1 N–H and O–H groups in total. The quantitative estimate of drug-likeness (QED) is 0.795. The standard InChI is InChI=1S/C19H28N2O3/c1-4-24-13-16-7-5-15(6-8-16)10-20-19(23)17-9-18(22)21(12-17)11-14(2)3/h5-8,14,17H,4,9-13H2,1-3H3,(H,20,23). The van der Waals surface area contributed by atoms with Crippen LogP contribution >= 0.6 is 0 Å². The third-order valence-corrected chi connectivity index (χ3v) is 4.13. The van der Waals surface area contributed by atoms with Crippen molar-refractivity contribution < 1.29 is 14.3 Å². The molecule has 0 aliphatic carbocycles. The molecule has 0 aromatic heterocycles. The molecule has 1 aliphatic heterocycles. The van der Waals surface area contributed by atoms with Crippen LogP contribution in [0.5, 0.6) is 0 Å². The van der Waals surface area contributed by atoms with E-state index in [0.29, 0.717) is 38.6 Å². The molecular formula is C19H28N2O3. The molecule has 1 heterocycles. The number of benzene rings is 1. The molecule has 1 fully saturated rings. The number of hydrogen-bond donors (Lipinski definition) is 1. The summed E-state index contributed by atoms with van der Waals surface area (Å²) in [5.41, 5.74) is 2.17. The Balaban J connectivity index is 1.80. The van der Waals surface area contributed by atoms with Crippen molar-refractivity contribution in [2.45, 2.75) is 40.3 Å². The number of rotatable bonds is 8. The maximum atomic E-state index is 12.3. The lowest BCUT2D eigenvalue weighted by atomic mass is 10.1. The summed E-state index contributed by atoms with van der Waals surface area (Å²) < 4.78 is 5.37. The zero-order valence-electron chi connectivity index (χ0n) is 14.9. The van der Waals surface area contributed by atoms with Gasteiger partial charge in [-0.05, 0) is 24.0 Å². The monoisotopic (exact) mass is 332 g/mol. The summed E-state index contributed by atoms with van der Waals surface area (Å²) in [6, 6.07) is 8.03. The summed E-state index contributed by atoms with van der Waals surface area (Å²) in [5.74, 6) is 0.247. The lowest BCUT2D eigenvalue weighted by Gasteiger charge is -2.18. The Kier molecular flexibility index (Phi) is 6.79. The van der Waals surface area contributed by atoms with E-state index in [9.17, 15) is 9.59 Å². The smallest absolute Gasteiger partial charge is 0.225 e. The summed E-state index contributed by atoms with van der Waals surface area (Å²) in [7, 11) is 0. The molecule has 2 rings (SSSR count). The molecule has 132 valence electrons. The van der Waals surface area contributed by atoms with Crippen molar-refractivity contribution in [3.63, 3.8) is 0 Å². The predicted molar refractivity (Wildman–Crippen MR) is 93.1 cm³/mol. The summed E-state index contributed by atoms with van der Waals surface area (Å²) in [5, 5.41) is 2.95. The fourth-order valence-corrected chi connectivity index (χ4v) is 2.87. The number of carbonyl (C=O) groups is 2. The normalized spacial score (nSPS) is 17.6. The Hall–Kier alpha value is -1.88. The topological polar surface area (TPSA) is 58.6 Å². The minimum atomic E-state index is -0.228. The molecule has 24 heavy (non-hydrogen) atoms. The predicted octanol–water partition coefficient (Wildman–Crippen LogP) is 2.34. The van der Waals surface area contributed by atoms with Crippen LogP contribution in [0, 0.1) is 11.8 Å². The molecule has 0 radical (unpaired) electrons. The lowest BCUT2D eigenvalue weighted by Crippen LogP contribution is -2.33. The van der Waals surface area contributed by atoms with Crippen molar-refractivity contribution >= 4 is 11.8 Å². The van der Waals surface area contributed by atoms with E-state index < -0.39 is 0 Å². The highest BCUT2D eigenvalue weighted by Gasteiger charge is 2.34. The average molecular weight is 332 g/mol. The fraction of sp³-hybridized carbons (Fsp3) is 0.579. The van der Waals surface area contributed by atoms with Crippen LogP contribution in [0.15, 0.2) is 24.3 Å². The van der Waals surface area contributed by atoms with E-state index in [2.05, 4.69) is 19.2 Å². The third kappa shape index (κ3) is 5.34. The van der Waals surface area contributed by atoms with Crippen molar-refractivity contribution in [3.05, 3.63) is 35.4 Å². The number of amides is 2. The van der Waals surface area contributed by atoms with Gasteiger partial charge in [0, 0.05) is 32.7 Å². The molecule has 0 bridgehead atoms. The van der Waals surface area contributed by atoms with Gasteiger partial charge in [-0.25, -0.2) is 0 Å². The highest BCUT2D eigenvalue weighted by atomic mass is 16.5. The van der Waals surface area contributed by atoms with E-state index in [1.54, 1.807) is 4.90 Å². The van der Waals surface area contributed by atoms with E-state index in [1.165, 1.54) is 0 Å². The third-order valence-electron chi connectivity index (χ3n) is 4.13. The average Bonchev–Trinajstić information content (AvgIpc) is 2.92. The molecule has 1 unspecified atom stereocenters. The number of carbonyl (C=O) groups excluding carboxylic acids is 2. The Morgan fingerprint density at radius 1 is 1.29 bits per heavy atom. The van der Waals surface area contributed by atoms with E-state index >= 15 is 0 Å². The van der Waals surface area contributed by atoms with Gasteiger partial charge in [0.2, 0.25) is 11.8 Å². The molecule has 2 amide bonds. The van der Waals surface area contributed by atoms with Crippen molar-refractivity contribution in [3.8, 4) is 0 Å². The Bertz CT molecular complexity index is 554. The first-order valence-electron chi connectivity index (χ1n) is 8.70. The lowest BCUT2D eigenvalue weighted by molar-refractivity contribution is -0.129. The molecular weight excluding hydrogens is 304 g/mol. The summed E-state index contributed by atoms with van der Waals surface area (Å²) in [4.78, 5) is 26.1. The van der Waals surface area contributed by atoms with Crippen molar-refractivity contribution in [1.29, 1.82) is 0 Å². The Labute approximate surface area is 144 Å². The summed E-state index contributed by atoms with van der Waals surface area (Å²) >= 11 is 0. The molecule has 1 atom stereocenters. The first-order valence-corrected chi connectivity index (χ1v) is 8.70. The van der Waals surface area contributed by atoms with Crippen LogP contribution in [-0.2, 0) is 27.5 Å². The van der Waals surface area contributed by atoms with Gasteiger partial charge in [-0.2, -0.15) is 0 Å². The maximum absolute atomic E-state index is 12.3. The zero-order valence-corrected chi connectivity index (χ0v) is 14.9. The van der Waals surface area contributed by atoms with Crippen LogP contribution in [0.3, 0.4) is 0 Å².